The summed E-state index contributed by atoms with van der Waals surface area (Å²) in [4.78, 5) is 25.6. The van der Waals surface area contributed by atoms with Gasteiger partial charge in [0.2, 0.25) is 10.0 Å². The van der Waals surface area contributed by atoms with Crippen LogP contribution in [0.2, 0.25) is 0 Å². The van der Waals surface area contributed by atoms with E-state index in [0.717, 1.165) is 12.0 Å². The molecule has 0 radical (unpaired) electrons. The highest BCUT2D eigenvalue weighted by molar-refractivity contribution is 7.89. The fourth-order valence-electron chi connectivity index (χ4n) is 5.86. The van der Waals surface area contributed by atoms with Gasteiger partial charge in [-0.3, -0.25) is 4.79 Å². The Morgan fingerprint density at radius 1 is 1.18 bits per heavy atom. The normalized spacial score (nSPS) is 23.1. The molecule has 5 atom stereocenters. The number of alkyl carbamates (subject to hydrolysis) is 1. The van der Waals surface area contributed by atoms with E-state index in [-0.39, 0.29) is 55.0 Å². The molecule has 2 fully saturated rings. The van der Waals surface area contributed by atoms with Crippen molar-refractivity contribution in [3.8, 4) is 0 Å². The predicted molar refractivity (Wildman–Crippen MR) is 167 cm³/mol. The van der Waals surface area contributed by atoms with Crippen LogP contribution in [-0.2, 0) is 35.4 Å². The SMILES string of the molecule is CCN/C=C1/C(=O)Nc2ccc(S(=O)(=O)N(CC(C)C)CC(O)C(Cc3ccccc3)NC(=O)OC3COC4OCCC34)cc21. The highest BCUT2D eigenvalue weighted by Gasteiger charge is 2.44. The molecular formula is C32H42N4O8S. The van der Waals surface area contributed by atoms with Gasteiger partial charge in [0.25, 0.3) is 5.91 Å². The van der Waals surface area contributed by atoms with Gasteiger partial charge in [-0.25, -0.2) is 13.2 Å². The molecule has 2 aromatic carbocycles. The van der Waals surface area contributed by atoms with E-state index in [1.807, 2.05) is 51.1 Å². The summed E-state index contributed by atoms with van der Waals surface area (Å²) in [6, 6.07) is 13.0. The lowest BCUT2D eigenvalue weighted by atomic mass is 10.0. The number of carbonyl (C=O) groups excluding carboxylic acids is 2. The van der Waals surface area contributed by atoms with E-state index >= 15 is 0 Å². The van der Waals surface area contributed by atoms with Crippen molar-refractivity contribution in [3.05, 3.63) is 65.9 Å². The maximum Gasteiger partial charge on any atom is 0.407 e. The lowest BCUT2D eigenvalue weighted by molar-refractivity contribution is -0.110. The Morgan fingerprint density at radius 2 is 1.96 bits per heavy atom. The minimum atomic E-state index is -4.13. The number of amides is 2. The number of nitrogens with zero attached hydrogens (tertiary/aromatic N) is 1. The number of hydrogen-bond donors (Lipinski definition) is 4. The van der Waals surface area contributed by atoms with Crippen LogP contribution in [-0.4, -0.2) is 87.2 Å². The van der Waals surface area contributed by atoms with Gasteiger partial charge in [-0.15, -0.1) is 0 Å². The van der Waals surface area contributed by atoms with Crippen LogP contribution in [0.4, 0.5) is 10.5 Å². The number of aliphatic hydroxyl groups is 1. The molecule has 3 heterocycles. The van der Waals surface area contributed by atoms with E-state index in [2.05, 4.69) is 16.0 Å². The zero-order chi connectivity index (χ0) is 32.1. The van der Waals surface area contributed by atoms with Crippen molar-refractivity contribution in [1.82, 2.24) is 14.9 Å². The standard InChI is InChI=1S/C32H42N4O8S/c1-4-33-16-25-24-15-22(10-11-26(24)34-30(25)38)45(40,41)36(17-20(2)3)18-28(37)27(14-21-8-6-5-7-9-21)35-32(39)44-29-19-43-31-23(29)12-13-42-31/h5-11,15-16,20,23,27-29,31,33,37H,4,12-14,17-19H2,1-3H3,(H,34,38)(H,35,39)/b25-16+. The number of ether oxygens (including phenoxy) is 3. The Bertz CT molecular complexity index is 1500. The van der Waals surface area contributed by atoms with E-state index in [9.17, 15) is 23.1 Å². The lowest BCUT2D eigenvalue weighted by Gasteiger charge is -2.31. The van der Waals surface area contributed by atoms with Gasteiger partial charge >= 0.3 is 6.09 Å². The Kier molecular flexibility index (Phi) is 10.4. The molecule has 45 heavy (non-hydrogen) atoms. The number of carbonyl (C=O) groups is 2. The molecule has 0 spiro atoms. The number of hydrogen-bond acceptors (Lipinski definition) is 9. The summed E-state index contributed by atoms with van der Waals surface area (Å²) in [6.45, 7) is 6.87. The lowest BCUT2D eigenvalue weighted by Crippen LogP contribution is -2.51. The third kappa shape index (κ3) is 7.67. The van der Waals surface area contributed by atoms with Crippen LogP contribution < -0.4 is 16.0 Å². The van der Waals surface area contributed by atoms with Crippen LogP contribution in [0.3, 0.4) is 0 Å². The molecule has 3 aliphatic heterocycles. The highest BCUT2D eigenvalue weighted by Crippen LogP contribution is 2.35. The molecule has 2 saturated heterocycles. The first-order valence-electron chi connectivity index (χ1n) is 15.4. The van der Waals surface area contributed by atoms with Gasteiger partial charge in [0, 0.05) is 37.1 Å². The molecule has 12 nitrogen and oxygen atoms in total. The second kappa shape index (κ2) is 14.3. The molecule has 0 aliphatic carbocycles. The van der Waals surface area contributed by atoms with E-state index < -0.39 is 34.4 Å². The van der Waals surface area contributed by atoms with Crippen LogP contribution >= 0.6 is 0 Å². The van der Waals surface area contributed by atoms with Crippen molar-refractivity contribution in [2.24, 2.45) is 11.8 Å². The number of sulfonamides is 1. The van der Waals surface area contributed by atoms with Crippen LogP contribution in [0, 0.1) is 11.8 Å². The molecule has 4 N–H and O–H groups in total. The molecule has 2 amide bonds. The van der Waals surface area contributed by atoms with Crippen LogP contribution in [0.5, 0.6) is 0 Å². The quantitative estimate of drug-likeness (QED) is 0.241. The first kappa shape index (κ1) is 32.9. The highest BCUT2D eigenvalue weighted by atomic mass is 32.2. The molecule has 5 unspecified atom stereocenters. The van der Waals surface area contributed by atoms with Crippen molar-refractivity contribution in [2.75, 3.05) is 38.2 Å². The zero-order valence-corrected chi connectivity index (χ0v) is 26.6. The Hall–Kier alpha value is -3.49. The summed E-state index contributed by atoms with van der Waals surface area (Å²) in [5.74, 6) is -0.439. The van der Waals surface area contributed by atoms with Crippen molar-refractivity contribution >= 4 is 33.3 Å². The van der Waals surface area contributed by atoms with Crippen molar-refractivity contribution < 1.29 is 37.3 Å². The molecule has 0 saturated carbocycles. The fourth-order valence-corrected chi connectivity index (χ4v) is 7.51. The largest absolute Gasteiger partial charge is 0.443 e. The third-order valence-electron chi connectivity index (χ3n) is 8.13. The second-order valence-electron chi connectivity index (χ2n) is 12.0. The topological polar surface area (TPSA) is 156 Å². The monoisotopic (exact) mass is 642 g/mol. The van der Waals surface area contributed by atoms with E-state index in [1.165, 1.54) is 16.4 Å². The number of aliphatic hydroxyl groups excluding tert-OH is 1. The van der Waals surface area contributed by atoms with Gasteiger partial charge in [0.05, 0.1) is 41.7 Å². The molecule has 0 bridgehead atoms. The molecule has 0 aromatic heterocycles. The number of nitrogens with one attached hydrogen (secondary N) is 3. The molecule has 13 heteroatoms. The van der Waals surface area contributed by atoms with Gasteiger partial charge < -0.3 is 35.3 Å². The zero-order valence-electron chi connectivity index (χ0n) is 25.8. The van der Waals surface area contributed by atoms with E-state index in [4.69, 9.17) is 14.2 Å². The van der Waals surface area contributed by atoms with Crippen molar-refractivity contribution in [2.45, 2.75) is 63.0 Å². The van der Waals surface area contributed by atoms with Gasteiger partial charge in [-0.05, 0) is 49.4 Å². The summed E-state index contributed by atoms with van der Waals surface area (Å²) in [7, 11) is -4.13. The average molecular weight is 643 g/mol. The summed E-state index contributed by atoms with van der Waals surface area (Å²) >= 11 is 0. The molecule has 2 aromatic rings. The Morgan fingerprint density at radius 3 is 2.69 bits per heavy atom. The average Bonchev–Trinajstić information content (AvgIpc) is 3.70. The summed E-state index contributed by atoms with van der Waals surface area (Å²) < 4.78 is 46.2. The fraction of sp³-hybridized carbons (Fsp3) is 0.500. The van der Waals surface area contributed by atoms with Gasteiger partial charge in [0.15, 0.2) is 6.29 Å². The second-order valence-corrected chi connectivity index (χ2v) is 13.9. The predicted octanol–water partition coefficient (Wildman–Crippen LogP) is 2.70. The maximum atomic E-state index is 14.1. The van der Waals surface area contributed by atoms with Crippen LogP contribution in [0.25, 0.3) is 5.57 Å². The van der Waals surface area contributed by atoms with Crippen molar-refractivity contribution in [1.29, 1.82) is 0 Å². The number of rotatable bonds is 13. The third-order valence-corrected chi connectivity index (χ3v) is 9.96. The van der Waals surface area contributed by atoms with Crippen LogP contribution in [0.1, 0.15) is 38.3 Å². The minimum absolute atomic E-state index is 0.00505. The van der Waals surface area contributed by atoms with Gasteiger partial charge in [-0.1, -0.05) is 44.2 Å². The van der Waals surface area contributed by atoms with Gasteiger partial charge in [0.1, 0.15) is 6.10 Å². The summed E-state index contributed by atoms with van der Waals surface area (Å²) in [5.41, 5.74) is 2.19. The molecule has 5 rings (SSSR count). The van der Waals surface area contributed by atoms with E-state index in [0.29, 0.717) is 30.0 Å². The minimum Gasteiger partial charge on any atom is -0.443 e. The van der Waals surface area contributed by atoms with E-state index in [1.54, 1.807) is 12.3 Å². The number of benzene rings is 2. The molecule has 244 valence electrons. The Balaban J connectivity index is 1.37. The maximum absolute atomic E-state index is 14.1. The smallest absolute Gasteiger partial charge is 0.407 e. The molecular weight excluding hydrogens is 600 g/mol. The Labute approximate surface area is 264 Å². The summed E-state index contributed by atoms with van der Waals surface area (Å²) in [6.07, 6.45) is -0.318. The van der Waals surface area contributed by atoms with Crippen molar-refractivity contribution in [3.63, 3.8) is 0 Å². The number of anilines is 1. The van der Waals surface area contributed by atoms with Crippen LogP contribution in [0.15, 0.2) is 59.6 Å². The molecule has 3 aliphatic rings. The summed E-state index contributed by atoms with van der Waals surface area (Å²) in [5, 5.41) is 20.1. The first-order valence-corrected chi connectivity index (χ1v) is 16.8. The number of fused-ring (bicyclic) bond motifs is 2. The first-order chi connectivity index (χ1) is 21.6. The van der Waals surface area contributed by atoms with Gasteiger partial charge in [-0.2, -0.15) is 4.31 Å².